The molecule has 0 aromatic heterocycles. The maximum absolute atomic E-state index is 14.2. The molecule has 2 N–H and O–H groups in total. The molecule has 4 unspecified atom stereocenters. The van der Waals surface area contributed by atoms with Gasteiger partial charge in [-0.1, -0.05) is 13.8 Å². The fourth-order valence-electron chi connectivity index (χ4n) is 8.02. The van der Waals surface area contributed by atoms with Gasteiger partial charge in [-0.2, -0.15) is 0 Å². The van der Waals surface area contributed by atoms with E-state index in [1.807, 2.05) is 39.9 Å². The van der Waals surface area contributed by atoms with E-state index in [2.05, 4.69) is 30.6 Å². The van der Waals surface area contributed by atoms with Crippen LogP contribution in [-0.4, -0.2) is 146 Å². The number of likely N-dealkylation sites (N-methyl/N-ethyl adjacent to an activating group) is 2. The van der Waals surface area contributed by atoms with Gasteiger partial charge in [-0.3, -0.25) is 14.5 Å². The third-order valence-electron chi connectivity index (χ3n) is 11.1. The van der Waals surface area contributed by atoms with Crippen molar-refractivity contribution in [3.05, 3.63) is 0 Å². The molecule has 0 saturated carbocycles. The molecule has 3 aliphatic rings. The molecule has 3 fully saturated rings. The highest BCUT2D eigenvalue weighted by Gasteiger charge is 2.51. The van der Waals surface area contributed by atoms with Crippen LogP contribution in [0.4, 0.5) is 0 Å². The molecule has 268 valence electrons. The van der Waals surface area contributed by atoms with E-state index < -0.39 is 53.5 Å². The third-order valence-corrected chi connectivity index (χ3v) is 11.1. The molecule has 3 aliphatic heterocycles. The number of aliphatic hydroxyl groups excluding tert-OH is 2. The maximum atomic E-state index is 14.2. The average molecular weight is 656 g/mol. The highest BCUT2D eigenvalue weighted by atomic mass is 16.7. The standard InChI is InChI=1S/C35H65N3O8/c1-21(2)38-15-13-25(14-16-38)28(39)27-20-44-33(42)34(6,7)30(41)24(5)31(35(8,43-12)18-22(3)19-37(27)11)46-32-29(40)26(36(9)10)17-23(4)45-32/h21-29,31-32,39-40H,13-20H2,1-12H3/t22-,23?,24+,26?,27+,28+,29?,31-,32?,35-/m1/s1. The van der Waals surface area contributed by atoms with Gasteiger partial charge in [0, 0.05) is 31.7 Å². The molecule has 11 heteroatoms. The molecule has 10 atom stereocenters. The highest BCUT2D eigenvalue weighted by Crippen LogP contribution is 2.38. The average Bonchev–Trinajstić information content (AvgIpc) is 2.99. The first-order chi connectivity index (χ1) is 21.3. The van der Waals surface area contributed by atoms with Crippen molar-refractivity contribution in [3.8, 4) is 0 Å². The minimum absolute atomic E-state index is 0.00784. The second kappa shape index (κ2) is 16.0. The molecule has 3 heterocycles. The number of likely N-dealkylation sites (tertiary alicyclic amines) is 1. The van der Waals surface area contributed by atoms with Crippen LogP contribution in [0.15, 0.2) is 0 Å². The molecule has 0 amide bonds. The van der Waals surface area contributed by atoms with E-state index >= 15 is 0 Å². The number of cyclic esters (lactones) is 1. The number of hydrogen-bond acceptors (Lipinski definition) is 11. The van der Waals surface area contributed by atoms with Gasteiger partial charge >= 0.3 is 5.97 Å². The number of carbonyl (C=O) groups is 2. The van der Waals surface area contributed by atoms with Gasteiger partial charge in [-0.05, 0) is 113 Å². The van der Waals surface area contributed by atoms with Crippen LogP contribution in [0.5, 0.6) is 0 Å². The maximum Gasteiger partial charge on any atom is 0.319 e. The van der Waals surface area contributed by atoms with Gasteiger partial charge in [0.05, 0.1) is 30.0 Å². The summed E-state index contributed by atoms with van der Waals surface area (Å²) in [4.78, 5) is 34.4. The lowest BCUT2D eigenvalue weighted by Crippen LogP contribution is -2.59. The Kier molecular flexibility index (Phi) is 13.7. The second-order valence-corrected chi connectivity index (χ2v) is 15.8. The van der Waals surface area contributed by atoms with E-state index in [4.69, 9.17) is 18.9 Å². The number of rotatable bonds is 7. The largest absolute Gasteiger partial charge is 0.463 e. The van der Waals surface area contributed by atoms with Crippen molar-refractivity contribution in [3.63, 3.8) is 0 Å². The summed E-state index contributed by atoms with van der Waals surface area (Å²) in [6.45, 7) is 17.8. The molecule has 0 radical (unpaired) electrons. The number of piperidine rings is 1. The minimum Gasteiger partial charge on any atom is -0.463 e. The number of hydrogen-bond donors (Lipinski definition) is 2. The molecule has 0 aromatic rings. The normalized spacial score (nSPS) is 39.0. The first-order valence-electron chi connectivity index (χ1n) is 17.4. The van der Waals surface area contributed by atoms with Gasteiger partial charge in [0.1, 0.15) is 18.1 Å². The fourth-order valence-corrected chi connectivity index (χ4v) is 8.02. The number of aliphatic hydroxyl groups is 2. The Morgan fingerprint density at radius 3 is 2.22 bits per heavy atom. The van der Waals surface area contributed by atoms with Gasteiger partial charge in [0.25, 0.3) is 0 Å². The zero-order valence-electron chi connectivity index (χ0n) is 30.7. The van der Waals surface area contributed by atoms with Crippen molar-refractivity contribution < 1.29 is 38.7 Å². The van der Waals surface area contributed by atoms with Crippen molar-refractivity contribution in [2.75, 3.05) is 54.5 Å². The molecule has 0 aliphatic carbocycles. The number of ketones is 1. The molecule has 46 heavy (non-hydrogen) atoms. The van der Waals surface area contributed by atoms with E-state index in [1.165, 1.54) is 0 Å². The number of esters is 1. The summed E-state index contributed by atoms with van der Waals surface area (Å²) in [5, 5.41) is 23.1. The first-order valence-corrected chi connectivity index (χ1v) is 17.4. The van der Waals surface area contributed by atoms with Gasteiger partial charge in [0.15, 0.2) is 12.1 Å². The number of nitrogens with zero attached hydrogens (tertiary/aromatic N) is 3. The number of Topliss-reactive ketones (excluding diaryl/α,β-unsaturated/α-hetero) is 1. The molecule has 3 rings (SSSR count). The summed E-state index contributed by atoms with van der Waals surface area (Å²) in [7, 11) is 7.41. The number of carbonyl (C=O) groups excluding carboxylic acids is 2. The Bertz CT molecular complexity index is 1000. The molecular formula is C35H65N3O8. The van der Waals surface area contributed by atoms with Crippen molar-refractivity contribution in [1.29, 1.82) is 0 Å². The molecule has 3 saturated heterocycles. The van der Waals surface area contributed by atoms with Gasteiger partial charge in [-0.25, -0.2) is 0 Å². The van der Waals surface area contributed by atoms with E-state index in [-0.39, 0.29) is 36.4 Å². The first kappa shape index (κ1) is 39.3. The molecule has 11 nitrogen and oxygen atoms in total. The minimum atomic E-state index is -1.49. The van der Waals surface area contributed by atoms with E-state index in [0.717, 1.165) is 25.9 Å². The van der Waals surface area contributed by atoms with Crippen molar-refractivity contribution in [2.24, 2.45) is 23.2 Å². The van der Waals surface area contributed by atoms with Crippen LogP contribution in [0.1, 0.15) is 81.1 Å². The Morgan fingerprint density at radius 2 is 1.67 bits per heavy atom. The molecular weight excluding hydrogens is 590 g/mol. The van der Waals surface area contributed by atoms with Crippen LogP contribution in [-0.2, 0) is 28.5 Å². The van der Waals surface area contributed by atoms with Gasteiger partial charge < -0.3 is 39.0 Å². The topological polar surface area (TPSA) is 121 Å². The number of ether oxygens (including phenoxy) is 4. The Labute approximate surface area is 278 Å². The molecule has 0 aromatic carbocycles. The summed E-state index contributed by atoms with van der Waals surface area (Å²) in [5.41, 5.74) is -2.46. The van der Waals surface area contributed by atoms with Gasteiger partial charge in [0.2, 0.25) is 0 Å². The Balaban J connectivity index is 1.95. The lowest BCUT2D eigenvalue weighted by Gasteiger charge is -2.47. The highest BCUT2D eigenvalue weighted by molar-refractivity contribution is 6.04. The van der Waals surface area contributed by atoms with Crippen LogP contribution in [0, 0.1) is 23.2 Å². The summed E-state index contributed by atoms with van der Waals surface area (Å²) < 4.78 is 24.9. The third kappa shape index (κ3) is 8.88. The van der Waals surface area contributed by atoms with E-state index in [9.17, 15) is 19.8 Å². The summed E-state index contributed by atoms with van der Waals surface area (Å²) in [5.74, 6) is -1.64. The molecule has 0 bridgehead atoms. The van der Waals surface area contributed by atoms with Crippen LogP contribution >= 0.6 is 0 Å². The lowest BCUT2D eigenvalue weighted by molar-refractivity contribution is -0.295. The summed E-state index contributed by atoms with van der Waals surface area (Å²) in [6.07, 6.45) is -0.733. The van der Waals surface area contributed by atoms with Crippen molar-refractivity contribution in [1.82, 2.24) is 14.7 Å². The Morgan fingerprint density at radius 1 is 1.07 bits per heavy atom. The SMILES string of the molecule is CO[C@]1(C)C[C@@H](C)CN(C)[C@H]([C@@H](O)C2CCN(C(C)C)CC2)COC(=O)C(C)(C)C(=O)[C@H](C)[C@H]1OC1OC(C)CC(N(C)C)C1O. The lowest BCUT2D eigenvalue weighted by atomic mass is 9.74. The van der Waals surface area contributed by atoms with Crippen LogP contribution < -0.4 is 0 Å². The van der Waals surface area contributed by atoms with Crippen LogP contribution in [0.2, 0.25) is 0 Å². The van der Waals surface area contributed by atoms with Crippen molar-refractivity contribution >= 4 is 11.8 Å². The summed E-state index contributed by atoms with van der Waals surface area (Å²) >= 11 is 0. The second-order valence-electron chi connectivity index (χ2n) is 15.8. The monoisotopic (exact) mass is 655 g/mol. The smallest absolute Gasteiger partial charge is 0.319 e. The van der Waals surface area contributed by atoms with Gasteiger partial charge in [-0.15, -0.1) is 0 Å². The van der Waals surface area contributed by atoms with E-state index in [1.54, 1.807) is 27.9 Å². The van der Waals surface area contributed by atoms with Crippen LogP contribution in [0.25, 0.3) is 0 Å². The quantitative estimate of drug-likeness (QED) is 0.311. The number of methoxy groups -OCH3 is 1. The van der Waals surface area contributed by atoms with Crippen molar-refractivity contribution in [2.45, 2.75) is 136 Å². The van der Waals surface area contributed by atoms with Crippen LogP contribution in [0.3, 0.4) is 0 Å². The predicted molar refractivity (Wildman–Crippen MR) is 177 cm³/mol. The van der Waals surface area contributed by atoms with E-state index in [0.29, 0.717) is 25.4 Å². The molecule has 0 spiro atoms. The zero-order valence-corrected chi connectivity index (χ0v) is 30.7. The predicted octanol–water partition coefficient (Wildman–Crippen LogP) is 2.80. The zero-order chi connectivity index (χ0) is 34.7. The summed E-state index contributed by atoms with van der Waals surface area (Å²) in [6, 6.07) is -0.158. The Hall–Kier alpha value is -1.18. The fraction of sp³-hybridized carbons (Fsp3) is 0.943.